The zero-order valence-electron chi connectivity index (χ0n) is 21.4. The predicted octanol–water partition coefficient (Wildman–Crippen LogP) is 7.32. The van der Waals surface area contributed by atoms with Gasteiger partial charge in [-0.1, -0.05) is 61.0 Å². The van der Waals surface area contributed by atoms with Crippen molar-refractivity contribution in [2.45, 2.75) is 46.0 Å². The first kappa shape index (κ1) is 28.8. The van der Waals surface area contributed by atoms with Crippen LogP contribution in [0.2, 0.25) is 0 Å². The number of halogens is 1. The molecule has 2 N–H and O–H groups in total. The number of hydrogen-bond acceptors (Lipinski definition) is 6. The summed E-state index contributed by atoms with van der Waals surface area (Å²) >= 11 is 10.1. The molecule has 37 heavy (non-hydrogen) atoms. The van der Waals surface area contributed by atoms with E-state index in [0.717, 1.165) is 21.3 Å². The highest BCUT2D eigenvalue weighted by Crippen LogP contribution is 2.36. The second-order valence-corrected chi connectivity index (χ2v) is 11.5. The van der Waals surface area contributed by atoms with Gasteiger partial charge in [0, 0.05) is 21.8 Å². The molecule has 1 amide bonds. The topological polar surface area (TPSA) is 76.7 Å². The normalized spacial score (nSPS) is 11.1. The van der Waals surface area contributed by atoms with Crippen LogP contribution in [-0.2, 0) is 14.9 Å². The Balaban J connectivity index is 1.54. The van der Waals surface area contributed by atoms with Gasteiger partial charge in [0.15, 0.2) is 5.11 Å². The van der Waals surface area contributed by atoms with E-state index in [9.17, 15) is 9.59 Å². The summed E-state index contributed by atoms with van der Waals surface area (Å²) in [4.78, 5) is 25.1. The van der Waals surface area contributed by atoms with Crippen molar-refractivity contribution >= 4 is 61.5 Å². The number of thiophene rings is 1. The Morgan fingerprint density at radius 2 is 1.73 bits per heavy atom. The molecule has 1 aromatic heterocycles. The van der Waals surface area contributed by atoms with Gasteiger partial charge < -0.3 is 20.1 Å². The van der Waals surface area contributed by atoms with Gasteiger partial charge >= 0.3 is 5.97 Å². The Morgan fingerprint density at radius 1 is 1.05 bits per heavy atom. The zero-order valence-corrected chi connectivity index (χ0v) is 24.6. The maximum Gasteiger partial charge on any atom is 0.341 e. The van der Waals surface area contributed by atoms with Crippen LogP contribution in [0.1, 0.15) is 56.5 Å². The van der Waals surface area contributed by atoms with Gasteiger partial charge in [-0.3, -0.25) is 4.79 Å². The van der Waals surface area contributed by atoms with Crippen LogP contribution in [0.25, 0.3) is 11.1 Å². The standard InChI is InChI=1S/C28H31BrN2O4S2/c1-5-34-26(33)24-22(18-8-12-20(29)13-9-18)17-37-25(24)31-27(36)30-23(32)7-6-16-35-21-14-10-19(11-15-21)28(2,3)4/h8-15,17H,5-7,16H2,1-4H3,(H2,30,31,32,36). The molecular formula is C28H31BrN2O4S2. The van der Waals surface area contributed by atoms with Crippen LogP contribution in [0, 0.1) is 0 Å². The van der Waals surface area contributed by atoms with Gasteiger partial charge in [0.1, 0.15) is 16.3 Å². The molecule has 0 bridgehead atoms. The fourth-order valence-electron chi connectivity index (χ4n) is 3.50. The van der Waals surface area contributed by atoms with Gasteiger partial charge in [-0.2, -0.15) is 0 Å². The maximum absolute atomic E-state index is 12.7. The van der Waals surface area contributed by atoms with E-state index in [0.29, 0.717) is 23.6 Å². The van der Waals surface area contributed by atoms with Crippen molar-refractivity contribution < 1.29 is 19.1 Å². The van der Waals surface area contributed by atoms with E-state index < -0.39 is 5.97 Å². The summed E-state index contributed by atoms with van der Waals surface area (Å²) < 4.78 is 12.0. The number of amides is 1. The number of carbonyl (C=O) groups is 2. The van der Waals surface area contributed by atoms with E-state index in [1.54, 1.807) is 6.92 Å². The zero-order chi connectivity index (χ0) is 27.0. The Morgan fingerprint density at radius 3 is 2.35 bits per heavy atom. The lowest BCUT2D eigenvalue weighted by atomic mass is 9.87. The fourth-order valence-corrected chi connectivity index (χ4v) is 5.00. The Kier molecular flexibility index (Phi) is 10.3. The molecule has 0 aliphatic heterocycles. The summed E-state index contributed by atoms with van der Waals surface area (Å²) in [5, 5.41) is 8.18. The van der Waals surface area contributed by atoms with Gasteiger partial charge in [-0.05, 0) is 66.4 Å². The SMILES string of the molecule is CCOC(=O)c1c(-c2ccc(Br)cc2)csc1NC(=S)NC(=O)CCCOc1ccc(C(C)(C)C)cc1. The number of nitrogens with one attached hydrogen (secondary N) is 2. The first-order chi connectivity index (χ1) is 17.6. The molecule has 9 heteroatoms. The lowest BCUT2D eigenvalue weighted by molar-refractivity contribution is -0.119. The number of thiocarbonyl (C=S) groups is 1. The lowest BCUT2D eigenvalue weighted by Crippen LogP contribution is -2.34. The summed E-state index contributed by atoms with van der Waals surface area (Å²) in [6.07, 6.45) is 0.789. The Hall–Kier alpha value is -2.75. The fraction of sp³-hybridized carbons (Fsp3) is 0.321. The van der Waals surface area contributed by atoms with Crippen molar-refractivity contribution in [3.63, 3.8) is 0 Å². The maximum atomic E-state index is 12.7. The lowest BCUT2D eigenvalue weighted by Gasteiger charge is -2.19. The molecular weight excluding hydrogens is 572 g/mol. The van der Waals surface area contributed by atoms with Gasteiger partial charge in [-0.15, -0.1) is 11.3 Å². The van der Waals surface area contributed by atoms with E-state index in [1.807, 2.05) is 41.8 Å². The molecule has 0 aliphatic rings. The number of esters is 1. The second-order valence-electron chi connectivity index (χ2n) is 9.31. The smallest absolute Gasteiger partial charge is 0.341 e. The van der Waals surface area contributed by atoms with Crippen molar-refractivity contribution in [3.8, 4) is 16.9 Å². The third-order valence-corrected chi connectivity index (χ3v) is 7.07. The van der Waals surface area contributed by atoms with E-state index in [4.69, 9.17) is 21.7 Å². The van der Waals surface area contributed by atoms with E-state index in [2.05, 4.69) is 59.5 Å². The molecule has 6 nitrogen and oxygen atoms in total. The average Bonchev–Trinajstić information content (AvgIpc) is 3.25. The summed E-state index contributed by atoms with van der Waals surface area (Å²) in [5.74, 6) is 0.0916. The molecule has 3 aromatic rings. The van der Waals surface area contributed by atoms with Gasteiger partial charge in [0.2, 0.25) is 5.91 Å². The second kappa shape index (κ2) is 13.2. The van der Waals surface area contributed by atoms with E-state index in [1.165, 1.54) is 16.9 Å². The van der Waals surface area contributed by atoms with Gasteiger partial charge in [-0.25, -0.2) is 4.79 Å². The summed E-state index contributed by atoms with van der Waals surface area (Å²) in [6, 6.07) is 15.7. The van der Waals surface area contributed by atoms with Crippen molar-refractivity contribution in [2.24, 2.45) is 0 Å². The molecule has 0 saturated carbocycles. The molecule has 0 atom stereocenters. The first-order valence-corrected chi connectivity index (χ1v) is 14.0. The molecule has 0 unspecified atom stereocenters. The van der Waals surface area contributed by atoms with Crippen LogP contribution in [-0.4, -0.2) is 30.2 Å². The molecule has 0 saturated heterocycles. The van der Waals surface area contributed by atoms with Crippen molar-refractivity contribution in [2.75, 3.05) is 18.5 Å². The van der Waals surface area contributed by atoms with E-state index in [-0.39, 0.29) is 29.5 Å². The largest absolute Gasteiger partial charge is 0.494 e. The number of benzene rings is 2. The number of ether oxygens (including phenoxy) is 2. The molecule has 3 rings (SSSR count). The number of carbonyl (C=O) groups excluding carboxylic acids is 2. The Bertz CT molecular complexity index is 1230. The van der Waals surface area contributed by atoms with Crippen molar-refractivity contribution in [1.82, 2.24) is 5.32 Å². The minimum absolute atomic E-state index is 0.0871. The van der Waals surface area contributed by atoms with Crippen molar-refractivity contribution in [3.05, 3.63) is 69.5 Å². The number of anilines is 1. The molecule has 0 radical (unpaired) electrons. The highest BCUT2D eigenvalue weighted by molar-refractivity contribution is 9.10. The quantitative estimate of drug-likeness (QED) is 0.152. The molecule has 1 heterocycles. The van der Waals surface area contributed by atoms with Crippen LogP contribution in [0.3, 0.4) is 0 Å². The predicted molar refractivity (Wildman–Crippen MR) is 158 cm³/mol. The van der Waals surface area contributed by atoms with Crippen LogP contribution in [0.4, 0.5) is 5.00 Å². The summed E-state index contributed by atoms with van der Waals surface area (Å²) in [6.45, 7) is 8.91. The third kappa shape index (κ3) is 8.38. The average molecular weight is 604 g/mol. The van der Waals surface area contributed by atoms with Crippen LogP contribution in [0.15, 0.2) is 58.4 Å². The highest BCUT2D eigenvalue weighted by atomic mass is 79.9. The van der Waals surface area contributed by atoms with Crippen LogP contribution < -0.4 is 15.4 Å². The first-order valence-electron chi connectivity index (χ1n) is 12.0. The van der Waals surface area contributed by atoms with Crippen LogP contribution >= 0.6 is 39.5 Å². The molecule has 0 fully saturated rings. The van der Waals surface area contributed by atoms with E-state index >= 15 is 0 Å². The molecule has 196 valence electrons. The molecule has 0 aliphatic carbocycles. The molecule has 0 spiro atoms. The van der Waals surface area contributed by atoms with Gasteiger partial charge in [0.05, 0.1) is 13.2 Å². The molecule has 2 aromatic carbocycles. The minimum Gasteiger partial charge on any atom is -0.494 e. The highest BCUT2D eigenvalue weighted by Gasteiger charge is 2.22. The Labute approximate surface area is 235 Å². The van der Waals surface area contributed by atoms with Crippen molar-refractivity contribution in [1.29, 1.82) is 0 Å². The third-order valence-electron chi connectivity index (χ3n) is 5.44. The summed E-state index contributed by atoms with van der Waals surface area (Å²) in [5.41, 5.74) is 3.32. The number of hydrogen-bond donors (Lipinski definition) is 2. The summed E-state index contributed by atoms with van der Waals surface area (Å²) in [7, 11) is 0. The van der Waals surface area contributed by atoms with Gasteiger partial charge in [0.25, 0.3) is 0 Å². The number of rotatable bonds is 9. The van der Waals surface area contributed by atoms with Crippen LogP contribution in [0.5, 0.6) is 5.75 Å². The minimum atomic E-state index is -0.453. The monoisotopic (exact) mass is 602 g/mol.